The van der Waals surface area contributed by atoms with Crippen LogP contribution in [0.2, 0.25) is 12.1 Å². The molecule has 0 aromatic heterocycles. The Bertz CT molecular complexity index is 2610. The van der Waals surface area contributed by atoms with Crippen LogP contribution >= 0.6 is 0 Å². The Morgan fingerprint density at radius 2 is 1.12 bits per heavy atom. The molecule has 0 nitrogen and oxygen atoms in total. The summed E-state index contributed by atoms with van der Waals surface area (Å²) in [5.74, 6) is 22.0. The molecule has 0 N–H and O–H groups in total. The molecule has 0 heterocycles. The molecule has 2 heteroatoms. The van der Waals surface area contributed by atoms with Gasteiger partial charge in [0.1, 0.15) is 0 Å². The van der Waals surface area contributed by atoms with Crippen molar-refractivity contribution in [2.75, 3.05) is 0 Å². The van der Waals surface area contributed by atoms with E-state index < -0.39 is 17.6 Å². The summed E-state index contributed by atoms with van der Waals surface area (Å²) >= 11 is 0. The first-order valence-electron chi connectivity index (χ1n) is 25.3. The Kier molecular flexibility index (Phi) is 5.55. The summed E-state index contributed by atoms with van der Waals surface area (Å²) in [5, 5.41) is 3.23. The number of allylic oxidation sites excluding steroid dienone is 12. The van der Waals surface area contributed by atoms with Gasteiger partial charge in [0.25, 0.3) is 0 Å². The van der Waals surface area contributed by atoms with Crippen molar-refractivity contribution in [3.8, 4) is 0 Å². The van der Waals surface area contributed by atoms with Gasteiger partial charge in [0.05, 0.1) is 17.6 Å². The highest BCUT2D eigenvalue weighted by Crippen LogP contribution is 2.91. The van der Waals surface area contributed by atoms with Crippen molar-refractivity contribution < 1.29 is 0 Å². The van der Waals surface area contributed by atoms with Crippen molar-refractivity contribution in [2.45, 2.75) is 24.9 Å². The predicted octanol–water partition coefficient (Wildman–Crippen LogP) is 9.28. The molecule has 0 radical (unpaired) electrons. The fraction of sp³-hybridized carbons (Fsp3) is 0.517. The van der Waals surface area contributed by atoms with Crippen LogP contribution in [0.5, 0.6) is 0 Å². The molecule has 9 saturated carbocycles. The van der Waals surface area contributed by atoms with Crippen molar-refractivity contribution in [3.63, 3.8) is 0 Å². The topological polar surface area (TPSA) is 0 Å². The molecule has 0 bridgehead atoms. The SMILES string of the molecule is C=C[SiH](CC1=CC2(C[SiH](C=C)c3ccccc3)C3C=CC4C5C6=C7C8C(=C53)C2C2C1C1C=CC3C5CCC9C%10C=CC4C6C%10C4C7C6C8C2C1C3C6C5C94)c1ccccc1. The summed E-state index contributed by atoms with van der Waals surface area (Å²) in [6.07, 6.45) is 24.0. The van der Waals surface area contributed by atoms with E-state index in [-0.39, 0.29) is 5.41 Å². The molecule has 16 aliphatic carbocycles. The monoisotopic (exact) mass is 810 g/mol. The highest BCUT2D eigenvalue weighted by Gasteiger charge is 2.85. The van der Waals surface area contributed by atoms with Crippen molar-refractivity contribution >= 4 is 28.0 Å². The Morgan fingerprint density at radius 3 is 1.88 bits per heavy atom. The maximum atomic E-state index is 4.75. The van der Waals surface area contributed by atoms with Crippen LogP contribution in [0.15, 0.2) is 156 Å². The zero-order valence-corrected chi connectivity index (χ0v) is 37.1. The van der Waals surface area contributed by atoms with Crippen LogP contribution in [-0.4, -0.2) is 17.6 Å². The maximum Gasteiger partial charge on any atom is 0.0974 e. The second-order valence-corrected chi connectivity index (χ2v) is 29.9. The third-order valence-corrected chi connectivity index (χ3v) is 29.9. The lowest BCUT2D eigenvalue weighted by atomic mass is 9.43. The quantitative estimate of drug-likeness (QED) is 0.184. The molecule has 16 aliphatic rings. The van der Waals surface area contributed by atoms with Gasteiger partial charge in [-0.25, -0.2) is 0 Å². The molecule has 0 spiro atoms. The zero-order chi connectivity index (χ0) is 38.4. The van der Waals surface area contributed by atoms with E-state index in [0.717, 1.165) is 136 Å². The van der Waals surface area contributed by atoms with Gasteiger partial charge in [-0.15, -0.1) is 18.9 Å². The molecule has 2 aromatic rings. The van der Waals surface area contributed by atoms with Crippen LogP contribution in [0.25, 0.3) is 0 Å². The maximum absolute atomic E-state index is 4.75. The van der Waals surface area contributed by atoms with Crippen LogP contribution < -0.4 is 10.4 Å². The first kappa shape index (κ1) is 32.5. The molecule has 2 aromatic carbocycles. The molecule has 28 unspecified atom stereocenters. The Labute approximate surface area is 360 Å². The zero-order valence-electron chi connectivity index (χ0n) is 34.8. The van der Waals surface area contributed by atoms with Crippen LogP contribution in [-0.2, 0) is 0 Å². The van der Waals surface area contributed by atoms with Gasteiger partial charge in [-0.2, -0.15) is 0 Å². The summed E-state index contributed by atoms with van der Waals surface area (Å²) in [6.45, 7) is 9.41. The first-order valence-corrected chi connectivity index (χ1v) is 29.4. The molecule has 18 rings (SSSR count). The summed E-state index contributed by atoms with van der Waals surface area (Å²) in [6, 6.07) is 26.3. The van der Waals surface area contributed by atoms with Crippen LogP contribution in [0.1, 0.15) is 12.8 Å². The van der Waals surface area contributed by atoms with Crippen LogP contribution in [0.4, 0.5) is 0 Å². The van der Waals surface area contributed by atoms with Crippen molar-refractivity contribution in [1.82, 2.24) is 0 Å². The minimum Gasteiger partial charge on any atom is -0.107 e. The van der Waals surface area contributed by atoms with Gasteiger partial charge in [-0.3, -0.25) is 0 Å². The summed E-state index contributed by atoms with van der Waals surface area (Å²) in [4.78, 5) is 0. The lowest BCUT2D eigenvalue weighted by Crippen LogP contribution is -2.58. The number of hydrogen-bond donors (Lipinski definition) is 0. The standard InChI is InChI=1S/C58H58Si2/c1-3-59(27-11-7-5-8-12-27)24-26-23-58(25-60(4-2)28-13-9-6-10-14-28)36-22-21-34-32-18-17-30-29-15-16-31-33-19-20-35-37(26)55-49-44(35)42(33)47-39(31)38(29)46-40(30)41(32)48-43(34)45(36)56(57(55)58)54-52(48)50(46)51(47)53(49)54/h3-14,17-23,29-44,46-47,49-51,53-55,57,59-60H,1-2,15-16,24-25H2. The Morgan fingerprint density at radius 1 is 0.500 bits per heavy atom. The Balaban J connectivity index is 0.949. The van der Waals surface area contributed by atoms with Gasteiger partial charge >= 0.3 is 0 Å². The molecule has 60 heavy (non-hydrogen) atoms. The fourth-order valence-corrected chi connectivity index (χ4v) is 29.3. The molecule has 9 fully saturated rings. The molecular formula is C58H58Si2. The van der Waals surface area contributed by atoms with E-state index in [0.29, 0.717) is 11.8 Å². The highest BCUT2D eigenvalue weighted by atomic mass is 28.3. The highest BCUT2D eigenvalue weighted by molar-refractivity contribution is 6.78. The summed E-state index contributed by atoms with van der Waals surface area (Å²) < 4.78 is 0. The van der Waals surface area contributed by atoms with E-state index >= 15 is 0 Å². The molecule has 0 amide bonds. The minimum absolute atomic E-state index is 0.184. The number of rotatable bonds is 8. The number of benzene rings is 2. The second-order valence-electron chi connectivity index (χ2n) is 24.4. The van der Waals surface area contributed by atoms with Gasteiger partial charge < -0.3 is 0 Å². The molecular weight excluding hydrogens is 753 g/mol. The van der Waals surface area contributed by atoms with Gasteiger partial charge in [-0.1, -0.05) is 147 Å². The van der Waals surface area contributed by atoms with Crippen molar-refractivity contribution in [2.24, 2.45) is 153 Å². The smallest absolute Gasteiger partial charge is 0.0974 e. The Hall–Kier alpha value is -3.21. The van der Waals surface area contributed by atoms with Crippen molar-refractivity contribution in [1.29, 1.82) is 0 Å². The number of hydrogen-bond acceptors (Lipinski definition) is 0. The third-order valence-electron chi connectivity index (χ3n) is 24.2. The van der Waals surface area contributed by atoms with E-state index in [2.05, 4.69) is 143 Å². The molecule has 0 saturated heterocycles. The minimum atomic E-state index is -1.52. The number of fused-ring (bicyclic) bond motifs is 5. The van der Waals surface area contributed by atoms with Gasteiger partial charge in [0.15, 0.2) is 0 Å². The van der Waals surface area contributed by atoms with E-state index in [4.69, 9.17) is 6.58 Å². The van der Waals surface area contributed by atoms with Gasteiger partial charge in [0.2, 0.25) is 0 Å². The van der Waals surface area contributed by atoms with E-state index in [1.807, 2.05) is 5.57 Å². The average Bonchev–Trinajstić information content (AvgIpc) is 4.12. The van der Waals surface area contributed by atoms with Crippen LogP contribution in [0, 0.1) is 153 Å². The molecule has 0 aliphatic heterocycles. The second kappa shape index (κ2) is 10.3. The van der Waals surface area contributed by atoms with Gasteiger partial charge in [-0.05, 0) is 155 Å². The van der Waals surface area contributed by atoms with Crippen LogP contribution in [0.3, 0.4) is 0 Å². The van der Waals surface area contributed by atoms with Gasteiger partial charge in [0, 0.05) is 23.2 Å². The predicted molar refractivity (Wildman–Crippen MR) is 245 cm³/mol. The lowest BCUT2D eigenvalue weighted by Gasteiger charge is -2.61. The molecule has 298 valence electrons. The van der Waals surface area contributed by atoms with E-state index in [9.17, 15) is 0 Å². The van der Waals surface area contributed by atoms with E-state index in [1.165, 1.54) is 12.1 Å². The normalized spacial score (nSPS) is 58.3. The lowest BCUT2D eigenvalue weighted by molar-refractivity contribution is -0.124. The largest absolute Gasteiger partial charge is 0.107 e. The average molecular weight is 811 g/mol. The first-order chi connectivity index (χ1) is 29.7. The summed E-state index contributed by atoms with van der Waals surface area (Å²) in [5.41, 5.74) is 15.8. The summed E-state index contributed by atoms with van der Waals surface area (Å²) in [7, 11) is -2.97. The fourth-order valence-electron chi connectivity index (χ4n) is 24.3. The molecule has 28 atom stereocenters. The van der Waals surface area contributed by atoms with E-state index in [1.54, 1.807) is 23.2 Å². The third kappa shape index (κ3) is 3.08. The van der Waals surface area contributed by atoms with Crippen molar-refractivity contribution in [3.05, 3.63) is 156 Å².